The maximum Gasteiger partial charge on any atom is 0.241 e. The number of anilines is 2. The lowest BCUT2D eigenvalue weighted by atomic mass is 9.90. The Bertz CT molecular complexity index is 1160. The van der Waals surface area contributed by atoms with E-state index in [2.05, 4.69) is 33.9 Å². The van der Waals surface area contributed by atoms with Crippen molar-refractivity contribution in [1.29, 1.82) is 0 Å². The number of nitrogens with zero attached hydrogens (tertiary/aromatic N) is 3. The summed E-state index contributed by atoms with van der Waals surface area (Å²) in [6.07, 6.45) is 11.6. The molecule has 0 spiro atoms. The van der Waals surface area contributed by atoms with E-state index in [-0.39, 0.29) is 4.90 Å². The molecule has 1 saturated carbocycles. The molecule has 2 N–H and O–H groups in total. The predicted molar refractivity (Wildman–Crippen MR) is 130 cm³/mol. The Morgan fingerprint density at radius 2 is 1.97 bits per heavy atom. The zero-order valence-corrected chi connectivity index (χ0v) is 20.5. The number of hydrogen-bond acceptors (Lipinski definition) is 6. The molecule has 9 heteroatoms. The molecule has 0 unspecified atom stereocenters. The van der Waals surface area contributed by atoms with Gasteiger partial charge in [0.05, 0.1) is 21.1 Å². The molecule has 32 heavy (non-hydrogen) atoms. The second-order valence-corrected chi connectivity index (χ2v) is 11.3. The van der Waals surface area contributed by atoms with Gasteiger partial charge in [-0.25, -0.2) is 23.1 Å². The van der Waals surface area contributed by atoms with E-state index in [4.69, 9.17) is 0 Å². The first-order valence-corrected chi connectivity index (χ1v) is 13.6. The largest absolute Gasteiger partial charge is 0.339 e. The number of sulfonamides is 1. The van der Waals surface area contributed by atoms with E-state index in [1.165, 1.54) is 32.1 Å². The monoisotopic (exact) mass is 473 g/mol. The van der Waals surface area contributed by atoms with Gasteiger partial charge in [0.2, 0.25) is 10.0 Å². The highest BCUT2D eigenvalue weighted by Crippen LogP contribution is 2.39. The minimum absolute atomic E-state index is 0.256. The van der Waals surface area contributed by atoms with Crippen molar-refractivity contribution >= 4 is 32.9 Å². The van der Waals surface area contributed by atoms with Crippen LogP contribution in [0, 0.1) is 0 Å². The predicted octanol–water partition coefficient (Wildman–Crippen LogP) is 5.68. The molecule has 172 valence electrons. The third-order valence-electron chi connectivity index (χ3n) is 5.82. The van der Waals surface area contributed by atoms with Gasteiger partial charge in [0.15, 0.2) is 0 Å². The molecule has 0 bridgehead atoms. The smallest absolute Gasteiger partial charge is 0.241 e. The van der Waals surface area contributed by atoms with Crippen molar-refractivity contribution in [3.8, 4) is 10.4 Å². The van der Waals surface area contributed by atoms with Gasteiger partial charge in [-0.15, -0.1) is 11.3 Å². The van der Waals surface area contributed by atoms with Crippen LogP contribution in [-0.4, -0.2) is 29.5 Å². The van der Waals surface area contributed by atoms with Crippen LogP contribution in [0.1, 0.15) is 69.8 Å². The van der Waals surface area contributed by atoms with Gasteiger partial charge in [-0.05, 0) is 38.8 Å². The minimum Gasteiger partial charge on any atom is -0.339 e. The minimum atomic E-state index is -3.66. The Hall–Kier alpha value is -2.23. The zero-order chi connectivity index (χ0) is 22.7. The van der Waals surface area contributed by atoms with Gasteiger partial charge in [-0.1, -0.05) is 32.3 Å². The topological polar surface area (TPSA) is 88.9 Å². The van der Waals surface area contributed by atoms with E-state index in [1.807, 2.05) is 29.1 Å². The molecule has 4 rings (SSSR count). The molecular weight excluding hydrogens is 442 g/mol. The van der Waals surface area contributed by atoms with E-state index in [0.717, 1.165) is 9.88 Å². The molecule has 0 amide bonds. The Balaban J connectivity index is 1.68. The average Bonchev–Trinajstić information content (AvgIpc) is 3.44. The van der Waals surface area contributed by atoms with E-state index in [1.54, 1.807) is 30.7 Å². The zero-order valence-electron chi connectivity index (χ0n) is 18.8. The highest BCUT2D eigenvalue weighted by molar-refractivity contribution is 7.89. The number of benzene rings is 1. The summed E-state index contributed by atoms with van der Waals surface area (Å²) in [5.74, 6) is 1.17. The van der Waals surface area contributed by atoms with Crippen LogP contribution in [0.15, 0.2) is 41.8 Å². The second kappa shape index (κ2) is 9.72. The number of aromatic nitrogens is 3. The van der Waals surface area contributed by atoms with Crippen LogP contribution in [0.25, 0.3) is 10.4 Å². The van der Waals surface area contributed by atoms with Crippen LogP contribution >= 0.6 is 11.3 Å². The standard InChI is InChI=1S/C23H31N5O2S2/c1-4-26-32(29,30)21-12-18(27-22-14-28(15-25-22)16(2)3)10-11-19(21)20-13-24-23(31-20)17-8-6-5-7-9-17/h10-17,26-27H,4-9H2,1-3H3. The molecule has 1 aromatic carbocycles. The Kier molecular flexibility index (Phi) is 6.97. The summed E-state index contributed by atoms with van der Waals surface area (Å²) in [7, 11) is -3.66. The second-order valence-electron chi connectivity index (χ2n) is 8.53. The molecule has 0 saturated heterocycles. The summed E-state index contributed by atoms with van der Waals surface area (Å²) in [6.45, 7) is 6.27. The molecule has 7 nitrogen and oxygen atoms in total. The van der Waals surface area contributed by atoms with Crippen molar-refractivity contribution in [1.82, 2.24) is 19.3 Å². The van der Waals surface area contributed by atoms with Gasteiger partial charge in [-0.3, -0.25) is 0 Å². The molecule has 1 fully saturated rings. The molecular formula is C23H31N5O2S2. The Morgan fingerprint density at radius 1 is 1.19 bits per heavy atom. The number of imidazole rings is 1. The van der Waals surface area contributed by atoms with Crippen LogP contribution in [0.2, 0.25) is 0 Å². The van der Waals surface area contributed by atoms with Crippen molar-refractivity contribution in [2.24, 2.45) is 0 Å². The fraction of sp³-hybridized carbons (Fsp3) is 0.478. The third-order valence-corrected chi connectivity index (χ3v) is 8.60. The molecule has 0 radical (unpaired) electrons. The van der Waals surface area contributed by atoms with Crippen molar-refractivity contribution in [2.75, 3.05) is 11.9 Å². The molecule has 0 aliphatic heterocycles. The van der Waals surface area contributed by atoms with Crippen molar-refractivity contribution in [2.45, 2.75) is 69.7 Å². The van der Waals surface area contributed by atoms with Gasteiger partial charge in [0.1, 0.15) is 5.82 Å². The first-order chi connectivity index (χ1) is 15.4. The van der Waals surface area contributed by atoms with Gasteiger partial charge < -0.3 is 9.88 Å². The van der Waals surface area contributed by atoms with Crippen LogP contribution in [0.5, 0.6) is 0 Å². The van der Waals surface area contributed by atoms with Crippen molar-refractivity contribution in [3.63, 3.8) is 0 Å². The quantitative estimate of drug-likeness (QED) is 0.439. The lowest BCUT2D eigenvalue weighted by molar-refractivity contribution is 0.442. The third kappa shape index (κ3) is 5.05. The van der Waals surface area contributed by atoms with E-state index < -0.39 is 10.0 Å². The van der Waals surface area contributed by atoms with Crippen LogP contribution in [-0.2, 0) is 10.0 Å². The van der Waals surface area contributed by atoms with Crippen LogP contribution in [0.3, 0.4) is 0 Å². The maximum atomic E-state index is 13.1. The van der Waals surface area contributed by atoms with E-state index >= 15 is 0 Å². The summed E-state index contributed by atoms with van der Waals surface area (Å²) in [4.78, 5) is 10.2. The van der Waals surface area contributed by atoms with Crippen molar-refractivity contribution < 1.29 is 8.42 Å². The van der Waals surface area contributed by atoms with E-state index in [0.29, 0.717) is 35.6 Å². The molecule has 0 atom stereocenters. The molecule has 2 heterocycles. The molecule has 2 aromatic heterocycles. The van der Waals surface area contributed by atoms with Gasteiger partial charge in [0.25, 0.3) is 0 Å². The van der Waals surface area contributed by atoms with Gasteiger partial charge in [-0.2, -0.15) is 0 Å². The summed E-state index contributed by atoms with van der Waals surface area (Å²) in [6, 6.07) is 5.75. The first kappa shape index (κ1) is 22.9. The van der Waals surface area contributed by atoms with Crippen LogP contribution < -0.4 is 10.0 Å². The lowest BCUT2D eigenvalue weighted by Gasteiger charge is -2.18. The Labute approximate surface area is 194 Å². The highest BCUT2D eigenvalue weighted by atomic mass is 32.2. The summed E-state index contributed by atoms with van der Waals surface area (Å²) < 4.78 is 30.8. The summed E-state index contributed by atoms with van der Waals surface area (Å²) in [5.41, 5.74) is 1.36. The Morgan fingerprint density at radius 3 is 2.66 bits per heavy atom. The maximum absolute atomic E-state index is 13.1. The fourth-order valence-electron chi connectivity index (χ4n) is 4.08. The van der Waals surface area contributed by atoms with Crippen LogP contribution in [0.4, 0.5) is 11.5 Å². The lowest BCUT2D eigenvalue weighted by Crippen LogP contribution is -2.23. The number of rotatable bonds is 8. The molecule has 1 aliphatic carbocycles. The highest BCUT2D eigenvalue weighted by Gasteiger charge is 2.23. The van der Waals surface area contributed by atoms with Gasteiger partial charge in [0, 0.05) is 42.1 Å². The number of nitrogens with one attached hydrogen (secondary N) is 2. The normalized spacial score (nSPS) is 15.4. The SMILES string of the molecule is CCNS(=O)(=O)c1cc(Nc2cn(C(C)C)cn2)ccc1-c1cnc(C2CCCCC2)s1. The summed E-state index contributed by atoms with van der Waals surface area (Å²) in [5, 5.41) is 4.35. The molecule has 1 aliphatic rings. The van der Waals surface area contributed by atoms with Gasteiger partial charge >= 0.3 is 0 Å². The fourth-order valence-corrected chi connectivity index (χ4v) is 6.55. The number of hydrogen-bond donors (Lipinski definition) is 2. The molecule has 3 aromatic rings. The van der Waals surface area contributed by atoms with Crippen molar-refractivity contribution in [3.05, 3.63) is 41.9 Å². The first-order valence-electron chi connectivity index (χ1n) is 11.3. The summed E-state index contributed by atoms with van der Waals surface area (Å²) >= 11 is 1.62. The number of thiazole rings is 1. The average molecular weight is 474 g/mol. The van der Waals surface area contributed by atoms with E-state index in [9.17, 15) is 8.42 Å².